The monoisotopic (exact) mass is 293 g/mol. The van der Waals surface area contributed by atoms with Crippen LogP contribution in [0.3, 0.4) is 0 Å². The first-order valence-corrected chi connectivity index (χ1v) is 6.85. The Labute approximate surface area is 123 Å². The van der Waals surface area contributed by atoms with E-state index in [0.717, 1.165) is 11.3 Å². The Morgan fingerprint density at radius 1 is 1.43 bits per heavy atom. The van der Waals surface area contributed by atoms with Crippen LogP contribution in [0, 0.1) is 0 Å². The first-order valence-electron chi connectivity index (χ1n) is 6.85. The number of nitrogens with zero attached hydrogens (tertiary/aromatic N) is 1. The summed E-state index contributed by atoms with van der Waals surface area (Å²) in [7, 11) is 1.59. The Morgan fingerprint density at radius 3 is 2.90 bits per heavy atom. The highest BCUT2D eigenvalue weighted by Crippen LogP contribution is 2.20. The number of ether oxygens (including phenoxy) is 2. The molecule has 0 spiro atoms. The Balaban J connectivity index is 1.99. The molecule has 2 rings (SSSR count). The summed E-state index contributed by atoms with van der Waals surface area (Å²) in [4.78, 5) is 24.8. The highest BCUT2D eigenvalue weighted by molar-refractivity contribution is 5.84. The van der Waals surface area contributed by atoms with Crippen LogP contribution in [0.2, 0.25) is 0 Å². The van der Waals surface area contributed by atoms with Gasteiger partial charge in [-0.05, 0) is 18.1 Å². The Bertz CT molecular complexity index is 517. The number of carbonyl (C=O) groups is 2. The van der Waals surface area contributed by atoms with Gasteiger partial charge in [-0.1, -0.05) is 18.2 Å². The molecule has 1 N–H and O–H groups in total. The zero-order valence-corrected chi connectivity index (χ0v) is 11.9. The number of aliphatic carboxylic acids is 1. The predicted molar refractivity (Wildman–Crippen MR) is 75.3 cm³/mol. The number of rotatable bonds is 5. The van der Waals surface area contributed by atoms with Crippen LogP contribution in [0.25, 0.3) is 0 Å². The lowest BCUT2D eigenvalue weighted by molar-refractivity contribution is -0.158. The Morgan fingerprint density at radius 2 is 2.19 bits per heavy atom. The summed E-state index contributed by atoms with van der Waals surface area (Å²) in [5, 5.41) is 9.13. The molecule has 21 heavy (non-hydrogen) atoms. The van der Waals surface area contributed by atoms with Gasteiger partial charge in [0.05, 0.1) is 20.3 Å². The van der Waals surface area contributed by atoms with E-state index in [-0.39, 0.29) is 18.9 Å². The third-order valence-corrected chi connectivity index (χ3v) is 3.53. The summed E-state index contributed by atoms with van der Waals surface area (Å²) < 4.78 is 10.4. The molecule has 0 aliphatic carbocycles. The van der Waals surface area contributed by atoms with Gasteiger partial charge in [0, 0.05) is 13.0 Å². The van der Waals surface area contributed by atoms with Crippen molar-refractivity contribution in [3.8, 4) is 5.75 Å². The van der Waals surface area contributed by atoms with Crippen LogP contribution in [0.5, 0.6) is 5.75 Å². The minimum absolute atomic E-state index is 0.0513. The zero-order chi connectivity index (χ0) is 15.2. The number of carbonyl (C=O) groups excluding carboxylic acids is 1. The van der Waals surface area contributed by atoms with Gasteiger partial charge in [-0.2, -0.15) is 0 Å². The van der Waals surface area contributed by atoms with Gasteiger partial charge in [0.2, 0.25) is 5.91 Å². The van der Waals surface area contributed by atoms with Crippen LogP contribution in [0.1, 0.15) is 12.0 Å². The van der Waals surface area contributed by atoms with Gasteiger partial charge in [-0.25, -0.2) is 4.79 Å². The van der Waals surface area contributed by atoms with Crippen molar-refractivity contribution in [1.29, 1.82) is 0 Å². The standard InChI is InChI=1S/C15H19NO5/c1-20-13-5-3-2-4-11(13)6-7-14(17)16-8-9-21-10-12(16)15(18)19/h2-5,12H,6-10H2,1H3,(H,18,19). The van der Waals surface area contributed by atoms with Crippen molar-refractivity contribution < 1.29 is 24.2 Å². The van der Waals surface area contributed by atoms with E-state index in [1.165, 1.54) is 4.90 Å². The van der Waals surface area contributed by atoms with E-state index >= 15 is 0 Å². The summed E-state index contributed by atoms with van der Waals surface area (Å²) in [6.45, 7) is 0.752. The molecule has 1 unspecified atom stereocenters. The van der Waals surface area contributed by atoms with E-state index in [9.17, 15) is 9.59 Å². The van der Waals surface area contributed by atoms with Crippen molar-refractivity contribution in [3.05, 3.63) is 29.8 Å². The second-order valence-corrected chi connectivity index (χ2v) is 4.83. The summed E-state index contributed by atoms with van der Waals surface area (Å²) in [5.74, 6) is -0.459. The van der Waals surface area contributed by atoms with E-state index < -0.39 is 12.0 Å². The normalized spacial score (nSPS) is 18.3. The maximum absolute atomic E-state index is 12.3. The molecule has 6 nitrogen and oxygen atoms in total. The first kappa shape index (κ1) is 15.3. The summed E-state index contributed by atoms with van der Waals surface area (Å²) in [6, 6.07) is 6.61. The number of hydrogen-bond donors (Lipinski definition) is 1. The average Bonchev–Trinajstić information content (AvgIpc) is 2.52. The number of carboxylic acids is 1. The first-order chi connectivity index (χ1) is 10.1. The molecule has 1 aromatic rings. The summed E-state index contributed by atoms with van der Waals surface area (Å²) >= 11 is 0. The molecule has 0 radical (unpaired) electrons. The zero-order valence-electron chi connectivity index (χ0n) is 11.9. The number of hydrogen-bond acceptors (Lipinski definition) is 4. The van der Waals surface area contributed by atoms with Crippen molar-refractivity contribution in [2.45, 2.75) is 18.9 Å². The van der Waals surface area contributed by atoms with E-state index in [4.69, 9.17) is 14.6 Å². The van der Waals surface area contributed by atoms with E-state index in [1.807, 2.05) is 24.3 Å². The quantitative estimate of drug-likeness (QED) is 0.874. The predicted octanol–water partition coefficient (Wildman–Crippen LogP) is 0.940. The molecule has 1 fully saturated rings. The topological polar surface area (TPSA) is 76.1 Å². The largest absolute Gasteiger partial charge is 0.496 e. The molecule has 0 aromatic heterocycles. The van der Waals surface area contributed by atoms with E-state index in [0.29, 0.717) is 19.6 Å². The molecule has 1 aromatic carbocycles. The number of amides is 1. The third-order valence-electron chi connectivity index (χ3n) is 3.53. The molecule has 1 heterocycles. The molecule has 1 saturated heterocycles. The van der Waals surface area contributed by atoms with Crippen molar-refractivity contribution in [3.63, 3.8) is 0 Å². The Kier molecular flexibility index (Phi) is 5.16. The lowest BCUT2D eigenvalue weighted by atomic mass is 10.1. The highest BCUT2D eigenvalue weighted by atomic mass is 16.5. The molecular formula is C15H19NO5. The van der Waals surface area contributed by atoms with Gasteiger partial charge in [-0.3, -0.25) is 4.79 Å². The fourth-order valence-corrected chi connectivity index (χ4v) is 2.40. The smallest absolute Gasteiger partial charge is 0.328 e. The van der Waals surface area contributed by atoms with Crippen molar-refractivity contribution >= 4 is 11.9 Å². The van der Waals surface area contributed by atoms with Gasteiger partial charge >= 0.3 is 5.97 Å². The number of para-hydroxylation sites is 1. The number of methoxy groups -OCH3 is 1. The van der Waals surface area contributed by atoms with E-state index in [2.05, 4.69) is 0 Å². The molecule has 0 saturated carbocycles. The molecule has 1 aliphatic heterocycles. The van der Waals surface area contributed by atoms with Crippen LogP contribution in [-0.4, -0.2) is 54.8 Å². The highest BCUT2D eigenvalue weighted by Gasteiger charge is 2.32. The van der Waals surface area contributed by atoms with Crippen LogP contribution in [0.15, 0.2) is 24.3 Å². The lowest BCUT2D eigenvalue weighted by Gasteiger charge is -2.33. The van der Waals surface area contributed by atoms with Gasteiger partial charge < -0.3 is 19.5 Å². The van der Waals surface area contributed by atoms with Crippen LogP contribution < -0.4 is 4.74 Å². The molecule has 0 bridgehead atoms. The van der Waals surface area contributed by atoms with Gasteiger partial charge in [0.1, 0.15) is 5.75 Å². The fraction of sp³-hybridized carbons (Fsp3) is 0.467. The second kappa shape index (κ2) is 7.08. The maximum Gasteiger partial charge on any atom is 0.328 e. The molecule has 1 aliphatic rings. The SMILES string of the molecule is COc1ccccc1CCC(=O)N1CCOCC1C(=O)O. The van der Waals surface area contributed by atoms with Crippen LogP contribution >= 0.6 is 0 Å². The fourth-order valence-electron chi connectivity index (χ4n) is 2.40. The number of aryl methyl sites for hydroxylation is 1. The van der Waals surface area contributed by atoms with E-state index in [1.54, 1.807) is 7.11 Å². The average molecular weight is 293 g/mol. The third kappa shape index (κ3) is 3.72. The molecular weight excluding hydrogens is 274 g/mol. The minimum Gasteiger partial charge on any atom is -0.496 e. The van der Waals surface area contributed by atoms with Gasteiger partial charge in [0.15, 0.2) is 6.04 Å². The van der Waals surface area contributed by atoms with Crippen molar-refractivity contribution in [2.24, 2.45) is 0 Å². The number of benzene rings is 1. The molecule has 1 atom stereocenters. The van der Waals surface area contributed by atoms with Crippen molar-refractivity contribution in [2.75, 3.05) is 26.9 Å². The van der Waals surface area contributed by atoms with Crippen LogP contribution in [-0.2, 0) is 20.7 Å². The molecule has 6 heteroatoms. The summed E-state index contributed by atoms with van der Waals surface area (Å²) in [6.07, 6.45) is 0.775. The summed E-state index contributed by atoms with van der Waals surface area (Å²) in [5.41, 5.74) is 0.938. The van der Waals surface area contributed by atoms with Gasteiger partial charge in [-0.15, -0.1) is 0 Å². The number of morpholine rings is 1. The van der Waals surface area contributed by atoms with Crippen LogP contribution in [0.4, 0.5) is 0 Å². The minimum atomic E-state index is -1.03. The Hall–Kier alpha value is -2.08. The number of carboxylic acid groups (broad SMARTS) is 1. The maximum atomic E-state index is 12.3. The molecule has 1 amide bonds. The van der Waals surface area contributed by atoms with Gasteiger partial charge in [0.25, 0.3) is 0 Å². The lowest BCUT2D eigenvalue weighted by Crippen LogP contribution is -2.52. The van der Waals surface area contributed by atoms with Crippen molar-refractivity contribution in [1.82, 2.24) is 4.90 Å². The second-order valence-electron chi connectivity index (χ2n) is 4.83. The molecule has 114 valence electrons.